The van der Waals surface area contributed by atoms with Crippen molar-refractivity contribution in [3.05, 3.63) is 93.1 Å². The summed E-state index contributed by atoms with van der Waals surface area (Å²) >= 11 is 2.53. The Labute approximate surface area is 184 Å². The van der Waals surface area contributed by atoms with Gasteiger partial charge in [-0.1, -0.05) is 93.6 Å². The molecule has 0 fully saturated rings. The van der Waals surface area contributed by atoms with Gasteiger partial charge >= 0.3 is 0 Å². The van der Waals surface area contributed by atoms with Gasteiger partial charge in [0.25, 0.3) is 0 Å². The lowest BCUT2D eigenvalue weighted by Gasteiger charge is -2.22. The van der Waals surface area contributed by atoms with Crippen molar-refractivity contribution in [3.63, 3.8) is 0 Å². The molecule has 146 valence electrons. The second kappa shape index (κ2) is 8.82. The summed E-state index contributed by atoms with van der Waals surface area (Å²) < 4.78 is 1.49. The number of benzene rings is 2. The van der Waals surface area contributed by atoms with Crippen LogP contribution >= 0.6 is 22.6 Å². The first-order chi connectivity index (χ1) is 13.4. The maximum atomic E-state index is 3.76. The lowest BCUT2D eigenvalue weighted by Crippen LogP contribution is -2.15. The summed E-state index contributed by atoms with van der Waals surface area (Å²) in [6, 6.07) is 16.0. The van der Waals surface area contributed by atoms with Gasteiger partial charge in [-0.05, 0) is 86.1 Å². The highest BCUT2D eigenvalue weighted by atomic mass is 127. The van der Waals surface area contributed by atoms with Crippen LogP contribution in [0.25, 0.3) is 11.1 Å². The summed E-state index contributed by atoms with van der Waals surface area (Å²) in [5.41, 5.74) is 8.79. The van der Waals surface area contributed by atoms with Crippen molar-refractivity contribution in [2.75, 3.05) is 0 Å². The molecule has 0 bridgehead atoms. The van der Waals surface area contributed by atoms with Crippen LogP contribution in [-0.4, -0.2) is 0 Å². The van der Waals surface area contributed by atoms with Gasteiger partial charge in [0, 0.05) is 5.41 Å². The summed E-state index contributed by atoms with van der Waals surface area (Å²) in [5.74, 6) is 0.476. The normalized spacial score (nSPS) is 16.5. The zero-order valence-corrected chi connectivity index (χ0v) is 19.7. The lowest BCUT2D eigenvalue weighted by atomic mass is 9.82. The second-order valence-electron chi connectivity index (χ2n) is 8.40. The van der Waals surface area contributed by atoms with Crippen molar-refractivity contribution >= 4 is 22.6 Å². The molecule has 1 unspecified atom stereocenters. The number of halogens is 1. The fraction of sp³-hybridized carbons (Fsp3) is 0.333. The highest BCUT2D eigenvalue weighted by molar-refractivity contribution is 14.1. The summed E-state index contributed by atoms with van der Waals surface area (Å²) in [4.78, 5) is 0. The van der Waals surface area contributed by atoms with E-state index in [2.05, 4.69) is 105 Å². The molecule has 0 radical (unpaired) electrons. The Morgan fingerprint density at radius 2 is 1.82 bits per heavy atom. The molecule has 0 aromatic heterocycles. The van der Waals surface area contributed by atoms with Gasteiger partial charge in [-0.2, -0.15) is 0 Å². The molecule has 0 spiro atoms. The summed E-state index contributed by atoms with van der Waals surface area (Å²) in [6.45, 7) is 13.0. The van der Waals surface area contributed by atoms with Gasteiger partial charge in [0.1, 0.15) is 0 Å². The van der Waals surface area contributed by atoms with Crippen LogP contribution in [0.2, 0.25) is 0 Å². The molecular weight excluding hydrogens is 451 g/mol. The fourth-order valence-electron chi connectivity index (χ4n) is 4.19. The molecule has 1 aliphatic carbocycles. The summed E-state index contributed by atoms with van der Waals surface area (Å²) in [5, 5.41) is 0. The minimum atomic E-state index is 0.0970. The molecule has 0 amide bonds. The number of rotatable bonds is 7. The Morgan fingerprint density at radius 1 is 1.11 bits per heavy atom. The topological polar surface area (TPSA) is 0 Å². The number of hydrogen-bond donors (Lipinski definition) is 0. The minimum Gasteiger partial charge on any atom is -0.0991 e. The monoisotopic (exact) mass is 482 g/mol. The molecule has 0 aliphatic heterocycles. The van der Waals surface area contributed by atoms with E-state index in [1.807, 2.05) is 12.2 Å². The molecular formula is C27H31I. The Balaban J connectivity index is 1.70. The largest absolute Gasteiger partial charge is 0.0991 e. The number of hydrogen-bond acceptors (Lipinski definition) is 0. The molecule has 2 aromatic rings. The van der Waals surface area contributed by atoms with Gasteiger partial charge in [-0.3, -0.25) is 0 Å². The van der Waals surface area contributed by atoms with Crippen LogP contribution in [0.3, 0.4) is 0 Å². The minimum absolute atomic E-state index is 0.0970. The van der Waals surface area contributed by atoms with Crippen LogP contribution in [-0.2, 0) is 11.8 Å². The zero-order valence-electron chi connectivity index (χ0n) is 17.6. The van der Waals surface area contributed by atoms with E-state index < -0.39 is 0 Å². The smallest absolute Gasteiger partial charge is 0.0158 e. The molecule has 2 aromatic carbocycles. The molecule has 0 saturated carbocycles. The van der Waals surface area contributed by atoms with Crippen LogP contribution < -0.4 is 0 Å². The van der Waals surface area contributed by atoms with Crippen LogP contribution in [0.1, 0.15) is 57.2 Å². The first-order valence-electron chi connectivity index (χ1n) is 10.2. The van der Waals surface area contributed by atoms with Crippen molar-refractivity contribution in [3.8, 4) is 11.1 Å². The predicted molar refractivity (Wildman–Crippen MR) is 132 cm³/mol. The quantitative estimate of drug-likeness (QED) is 0.275. The number of fused-ring (bicyclic) bond motifs is 3. The standard InChI is InChI=1S/C27H31I/c1-6-7-11-19(2)20(3)26(28)15-10-12-21-16-17-23-22-13-8-9-14-24(22)27(4,5)25(23)18-21/h6-9,11,13-14,16-19H,1,10,12,15H2,2-5H3/b11-7-,26-20+. The van der Waals surface area contributed by atoms with Crippen molar-refractivity contribution < 1.29 is 0 Å². The first kappa shape index (κ1) is 21.1. The predicted octanol–water partition coefficient (Wildman–Crippen LogP) is 8.40. The van der Waals surface area contributed by atoms with Gasteiger partial charge in [0.05, 0.1) is 0 Å². The molecule has 1 heteroatoms. The lowest BCUT2D eigenvalue weighted by molar-refractivity contribution is 0.658. The molecule has 0 N–H and O–H groups in total. The highest BCUT2D eigenvalue weighted by Gasteiger charge is 2.34. The zero-order chi connectivity index (χ0) is 20.3. The van der Waals surface area contributed by atoms with E-state index in [0.717, 1.165) is 12.8 Å². The van der Waals surface area contributed by atoms with E-state index in [0.29, 0.717) is 5.92 Å². The molecule has 1 atom stereocenters. The van der Waals surface area contributed by atoms with Gasteiger partial charge < -0.3 is 0 Å². The fourth-order valence-corrected chi connectivity index (χ4v) is 5.06. The average Bonchev–Trinajstić information content (AvgIpc) is 2.93. The SMILES string of the molecule is C=C/C=C\C(C)/C(C)=C(/I)CCCc1ccc2c(c1)C(C)(C)c1ccccc1-2. The van der Waals surface area contributed by atoms with Crippen LogP contribution in [0.5, 0.6) is 0 Å². The summed E-state index contributed by atoms with van der Waals surface area (Å²) in [6.07, 6.45) is 9.60. The van der Waals surface area contributed by atoms with Gasteiger partial charge in [-0.15, -0.1) is 0 Å². The van der Waals surface area contributed by atoms with E-state index in [4.69, 9.17) is 0 Å². The van der Waals surface area contributed by atoms with E-state index in [9.17, 15) is 0 Å². The molecule has 1 aliphatic rings. The Kier molecular flexibility index (Phi) is 6.65. The number of aryl methyl sites for hydroxylation is 1. The van der Waals surface area contributed by atoms with E-state index in [1.165, 1.54) is 43.4 Å². The van der Waals surface area contributed by atoms with Crippen molar-refractivity contribution in [1.29, 1.82) is 0 Å². The second-order valence-corrected chi connectivity index (χ2v) is 9.70. The van der Waals surface area contributed by atoms with E-state index in [1.54, 1.807) is 0 Å². The van der Waals surface area contributed by atoms with Gasteiger partial charge in [-0.25, -0.2) is 0 Å². The maximum absolute atomic E-state index is 3.76. The third-order valence-corrected chi connectivity index (χ3v) is 7.55. The maximum Gasteiger partial charge on any atom is 0.0158 e. The van der Waals surface area contributed by atoms with Gasteiger partial charge in [0.2, 0.25) is 0 Å². The molecule has 28 heavy (non-hydrogen) atoms. The number of allylic oxidation sites excluding steroid dienone is 5. The van der Waals surface area contributed by atoms with E-state index in [-0.39, 0.29) is 5.41 Å². The van der Waals surface area contributed by atoms with Gasteiger partial charge in [0.15, 0.2) is 0 Å². The van der Waals surface area contributed by atoms with E-state index >= 15 is 0 Å². The first-order valence-corrected chi connectivity index (χ1v) is 11.3. The Bertz CT molecular complexity index is 927. The Morgan fingerprint density at radius 3 is 2.57 bits per heavy atom. The average molecular weight is 482 g/mol. The Hall–Kier alpha value is -1.61. The molecule has 0 nitrogen and oxygen atoms in total. The molecule has 0 saturated heterocycles. The van der Waals surface area contributed by atoms with Crippen LogP contribution in [0.4, 0.5) is 0 Å². The third-order valence-electron chi connectivity index (χ3n) is 6.16. The molecule has 3 rings (SSSR count). The van der Waals surface area contributed by atoms with Crippen molar-refractivity contribution in [1.82, 2.24) is 0 Å². The molecule has 0 heterocycles. The summed E-state index contributed by atoms with van der Waals surface area (Å²) in [7, 11) is 0. The van der Waals surface area contributed by atoms with Crippen molar-refractivity contribution in [2.45, 2.75) is 52.4 Å². The third kappa shape index (κ3) is 4.20. The highest BCUT2D eigenvalue weighted by Crippen LogP contribution is 2.48. The van der Waals surface area contributed by atoms with Crippen LogP contribution in [0, 0.1) is 5.92 Å². The van der Waals surface area contributed by atoms with Crippen molar-refractivity contribution in [2.24, 2.45) is 5.92 Å². The van der Waals surface area contributed by atoms with Crippen LogP contribution in [0.15, 0.2) is 76.4 Å².